The average Bonchev–Trinajstić information content (AvgIpc) is 2.44. The zero-order valence-electron chi connectivity index (χ0n) is 11.2. The second-order valence-electron chi connectivity index (χ2n) is 4.12. The van der Waals surface area contributed by atoms with E-state index < -0.39 is 5.97 Å². The number of aryl methyl sites for hydroxylation is 1. The first-order chi connectivity index (χ1) is 9.60. The Labute approximate surface area is 116 Å². The molecule has 0 aliphatic carbocycles. The van der Waals surface area contributed by atoms with Crippen molar-refractivity contribution in [2.75, 3.05) is 6.61 Å². The van der Waals surface area contributed by atoms with E-state index in [9.17, 15) is 9.18 Å². The molecule has 104 valence electrons. The smallest absolute Gasteiger partial charge is 0.339 e. The molecule has 2 rings (SSSR count). The number of ether oxygens (including phenoxy) is 2. The summed E-state index contributed by atoms with van der Waals surface area (Å²) in [5.74, 6) is -0.143. The molecule has 5 heteroatoms. The number of pyridine rings is 1. The van der Waals surface area contributed by atoms with Crippen LogP contribution in [-0.2, 0) is 4.74 Å². The molecule has 20 heavy (non-hydrogen) atoms. The molecule has 1 aromatic carbocycles. The van der Waals surface area contributed by atoms with Crippen LogP contribution < -0.4 is 4.74 Å². The normalized spacial score (nSPS) is 10.2. The molecule has 0 fully saturated rings. The van der Waals surface area contributed by atoms with Gasteiger partial charge in [-0.3, -0.25) is 0 Å². The lowest BCUT2D eigenvalue weighted by molar-refractivity contribution is 0.0526. The molecule has 0 saturated carbocycles. The summed E-state index contributed by atoms with van der Waals surface area (Å²) in [7, 11) is 0. The van der Waals surface area contributed by atoms with Gasteiger partial charge >= 0.3 is 5.97 Å². The van der Waals surface area contributed by atoms with Crippen molar-refractivity contribution in [3.63, 3.8) is 0 Å². The van der Waals surface area contributed by atoms with Crippen LogP contribution in [-0.4, -0.2) is 17.6 Å². The number of aromatic nitrogens is 1. The maximum Gasteiger partial charge on any atom is 0.339 e. The number of nitrogens with zero attached hydrogens (tertiary/aromatic N) is 1. The van der Waals surface area contributed by atoms with E-state index in [2.05, 4.69) is 4.98 Å². The molecule has 1 aromatic heterocycles. The topological polar surface area (TPSA) is 48.4 Å². The Bertz CT molecular complexity index is 611. The number of carbonyl (C=O) groups is 1. The van der Waals surface area contributed by atoms with E-state index in [0.717, 1.165) is 5.56 Å². The summed E-state index contributed by atoms with van der Waals surface area (Å²) >= 11 is 0. The summed E-state index contributed by atoms with van der Waals surface area (Å²) in [5.41, 5.74) is 1.14. The Hall–Kier alpha value is -2.43. The molecule has 0 N–H and O–H groups in total. The Kier molecular flexibility index (Phi) is 4.30. The van der Waals surface area contributed by atoms with E-state index >= 15 is 0 Å². The van der Waals surface area contributed by atoms with E-state index in [-0.39, 0.29) is 11.7 Å². The van der Waals surface area contributed by atoms with Gasteiger partial charge in [0, 0.05) is 18.3 Å². The Balaban J connectivity index is 2.14. The summed E-state index contributed by atoms with van der Waals surface area (Å²) in [6.07, 6.45) is 1.36. The Morgan fingerprint density at radius 2 is 2.10 bits per heavy atom. The number of carbonyl (C=O) groups excluding carboxylic acids is 1. The summed E-state index contributed by atoms with van der Waals surface area (Å²) in [5, 5.41) is 0. The molecule has 0 aliphatic heterocycles. The van der Waals surface area contributed by atoms with Crippen molar-refractivity contribution in [2.24, 2.45) is 0 Å². The lowest BCUT2D eigenvalue weighted by Crippen LogP contribution is -2.05. The summed E-state index contributed by atoms with van der Waals surface area (Å²) in [6, 6.07) is 7.36. The molecule has 2 aromatic rings. The SMILES string of the molecule is CCOC(=O)c1ccc(Oc2cc(F)ccc2C)nc1. The fourth-order valence-corrected chi connectivity index (χ4v) is 1.57. The minimum Gasteiger partial charge on any atom is -0.462 e. The molecule has 0 radical (unpaired) electrons. The van der Waals surface area contributed by atoms with Crippen molar-refractivity contribution < 1.29 is 18.7 Å². The number of halogens is 1. The third-order valence-electron chi connectivity index (χ3n) is 2.61. The van der Waals surface area contributed by atoms with Crippen LogP contribution in [0, 0.1) is 12.7 Å². The molecule has 0 aliphatic rings. The van der Waals surface area contributed by atoms with Crippen LogP contribution >= 0.6 is 0 Å². The molecule has 0 bridgehead atoms. The van der Waals surface area contributed by atoms with Crippen LogP contribution in [0.15, 0.2) is 36.5 Å². The van der Waals surface area contributed by atoms with Crippen molar-refractivity contribution >= 4 is 5.97 Å². The molecule has 1 heterocycles. The van der Waals surface area contributed by atoms with E-state index in [0.29, 0.717) is 17.9 Å². The second kappa shape index (κ2) is 6.14. The van der Waals surface area contributed by atoms with Crippen LogP contribution in [0.2, 0.25) is 0 Å². The highest BCUT2D eigenvalue weighted by Gasteiger charge is 2.08. The highest BCUT2D eigenvalue weighted by atomic mass is 19.1. The van der Waals surface area contributed by atoms with Gasteiger partial charge in [0.05, 0.1) is 12.2 Å². The Morgan fingerprint density at radius 1 is 1.30 bits per heavy atom. The lowest BCUT2D eigenvalue weighted by Gasteiger charge is -2.08. The first-order valence-electron chi connectivity index (χ1n) is 6.17. The number of benzene rings is 1. The fourth-order valence-electron chi connectivity index (χ4n) is 1.57. The van der Waals surface area contributed by atoms with E-state index in [1.165, 1.54) is 24.4 Å². The van der Waals surface area contributed by atoms with Gasteiger partial charge in [-0.1, -0.05) is 6.07 Å². The quantitative estimate of drug-likeness (QED) is 0.801. The molecule has 4 nitrogen and oxygen atoms in total. The van der Waals surface area contributed by atoms with Crippen LogP contribution in [0.25, 0.3) is 0 Å². The van der Waals surface area contributed by atoms with Crippen LogP contribution in [0.1, 0.15) is 22.8 Å². The number of hydrogen-bond donors (Lipinski definition) is 0. The average molecular weight is 275 g/mol. The number of hydrogen-bond acceptors (Lipinski definition) is 4. The summed E-state index contributed by atoms with van der Waals surface area (Å²) in [6.45, 7) is 3.84. The van der Waals surface area contributed by atoms with E-state index in [4.69, 9.17) is 9.47 Å². The molecule has 0 unspecified atom stereocenters. The van der Waals surface area contributed by atoms with Gasteiger partial charge in [0.1, 0.15) is 11.6 Å². The van der Waals surface area contributed by atoms with Crippen LogP contribution in [0.5, 0.6) is 11.6 Å². The molecular formula is C15H14FNO3. The molecule has 0 atom stereocenters. The van der Waals surface area contributed by atoms with Crippen molar-refractivity contribution in [3.8, 4) is 11.6 Å². The molecule has 0 amide bonds. The van der Waals surface area contributed by atoms with Gasteiger partial charge in [-0.15, -0.1) is 0 Å². The van der Waals surface area contributed by atoms with Crippen LogP contribution in [0.3, 0.4) is 0 Å². The second-order valence-corrected chi connectivity index (χ2v) is 4.12. The standard InChI is InChI=1S/C15H14FNO3/c1-3-19-15(18)11-5-7-14(17-9-11)20-13-8-12(16)6-4-10(13)2/h4-9H,3H2,1-2H3. The molecule has 0 spiro atoms. The first-order valence-corrected chi connectivity index (χ1v) is 6.17. The maximum atomic E-state index is 13.1. The highest BCUT2D eigenvalue weighted by molar-refractivity contribution is 5.89. The monoisotopic (exact) mass is 275 g/mol. The number of rotatable bonds is 4. The fraction of sp³-hybridized carbons (Fsp3) is 0.200. The van der Waals surface area contributed by atoms with Gasteiger partial charge in [-0.2, -0.15) is 0 Å². The van der Waals surface area contributed by atoms with Gasteiger partial charge in [-0.25, -0.2) is 14.2 Å². The third-order valence-corrected chi connectivity index (χ3v) is 2.61. The predicted molar refractivity (Wildman–Crippen MR) is 71.4 cm³/mol. The maximum absolute atomic E-state index is 13.1. The molecular weight excluding hydrogens is 261 g/mol. The Morgan fingerprint density at radius 3 is 2.75 bits per heavy atom. The van der Waals surface area contributed by atoms with Gasteiger partial charge < -0.3 is 9.47 Å². The highest BCUT2D eigenvalue weighted by Crippen LogP contribution is 2.24. The first kappa shape index (κ1) is 14.0. The minimum absolute atomic E-state index is 0.284. The zero-order chi connectivity index (χ0) is 14.5. The summed E-state index contributed by atoms with van der Waals surface area (Å²) < 4.78 is 23.5. The van der Waals surface area contributed by atoms with Crippen molar-refractivity contribution in [1.29, 1.82) is 0 Å². The predicted octanol–water partition coefficient (Wildman–Crippen LogP) is 3.50. The van der Waals surface area contributed by atoms with Gasteiger partial charge in [-0.05, 0) is 31.5 Å². The largest absolute Gasteiger partial charge is 0.462 e. The van der Waals surface area contributed by atoms with Gasteiger partial charge in [0.2, 0.25) is 5.88 Å². The zero-order valence-corrected chi connectivity index (χ0v) is 11.2. The van der Waals surface area contributed by atoms with Gasteiger partial charge in [0.25, 0.3) is 0 Å². The molecule has 0 saturated heterocycles. The third kappa shape index (κ3) is 3.32. The van der Waals surface area contributed by atoms with Gasteiger partial charge in [0.15, 0.2) is 0 Å². The van der Waals surface area contributed by atoms with E-state index in [1.54, 1.807) is 19.1 Å². The van der Waals surface area contributed by atoms with Crippen molar-refractivity contribution in [2.45, 2.75) is 13.8 Å². The van der Waals surface area contributed by atoms with E-state index in [1.807, 2.05) is 6.92 Å². The van der Waals surface area contributed by atoms with Crippen molar-refractivity contribution in [1.82, 2.24) is 4.98 Å². The van der Waals surface area contributed by atoms with Crippen LogP contribution in [0.4, 0.5) is 4.39 Å². The lowest BCUT2D eigenvalue weighted by atomic mass is 10.2. The van der Waals surface area contributed by atoms with Crippen molar-refractivity contribution in [3.05, 3.63) is 53.5 Å². The number of esters is 1. The summed E-state index contributed by atoms with van der Waals surface area (Å²) in [4.78, 5) is 15.5. The minimum atomic E-state index is -0.437.